The third kappa shape index (κ3) is 2.81. The molecule has 6 heteroatoms. The summed E-state index contributed by atoms with van der Waals surface area (Å²) >= 11 is 3.45. The summed E-state index contributed by atoms with van der Waals surface area (Å²) in [6.45, 7) is 4.07. The second-order valence-corrected chi connectivity index (χ2v) is 5.77. The monoisotopic (exact) mass is 351 g/mol. The third-order valence-electron chi connectivity index (χ3n) is 3.64. The van der Waals surface area contributed by atoms with E-state index in [4.69, 9.17) is 0 Å². The Morgan fingerprint density at radius 2 is 2.19 bits per heavy atom. The third-order valence-corrected chi connectivity index (χ3v) is 4.14. The lowest BCUT2D eigenvalue weighted by atomic mass is 10.1. The topological polar surface area (TPSA) is 52.7 Å². The van der Waals surface area contributed by atoms with Gasteiger partial charge in [-0.2, -0.15) is 0 Å². The Bertz CT molecular complexity index is 588. The molecule has 0 saturated heterocycles. The van der Waals surface area contributed by atoms with E-state index in [-0.39, 0.29) is 5.91 Å². The van der Waals surface area contributed by atoms with Crippen molar-refractivity contribution in [2.45, 2.75) is 18.9 Å². The number of amides is 1. The van der Waals surface area contributed by atoms with Crippen LogP contribution in [-0.2, 0) is 9.59 Å². The van der Waals surface area contributed by atoms with E-state index in [0.29, 0.717) is 12.8 Å². The highest BCUT2D eigenvalue weighted by atomic mass is 79.9. The number of rotatable bonds is 5. The summed E-state index contributed by atoms with van der Waals surface area (Å²) < 4.78 is 0.965. The quantitative estimate of drug-likeness (QED) is 0.826. The van der Waals surface area contributed by atoms with Crippen LogP contribution < -0.4 is 15.1 Å². The number of hydrogen-bond donors (Lipinski definition) is 1. The van der Waals surface area contributed by atoms with Crippen molar-refractivity contribution in [1.29, 1.82) is 0 Å². The lowest BCUT2D eigenvalue weighted by molar-refractivity contribution is -0.122. The van der Waals surface area contributed by atoms with Gasteiger partial charge in [0.1, 0.15) is 18.1 Å². The zero-order chi connectivity index (χ0) is 15.6. The van der Waals surface area contributed by atoms with Gasteiger partial charge in [0.05, 0.1) is 11.4 Å². The first-order valence-electron chi connectivity index (χ1n) is 6.68. The molecule has 1 heterocycles. The van der Waals surface area contributed by atoms with Gasteiger partial charge >= 0.3 is 0 Å². The second-order valence-electron chi connectivity index (χ2n) is 4.85. The number of carbonyl (C=O) groups excluding carboxylic acids is 2. The van der Waals surface area contributed by atoms with Crippen LogP contribution in [0.4, 0.5) is 11.4 Å². The van der Waals surface area contributed by atoms with Crippen LogP contribution in [0.2, 0.25) is 0 Å². The number of aldehydes is 1. The molecule has 1 aromatic carbocycles. The van der Waals surface area contributed by atoms with E-state index < -0.39 is 6.04 Å². The van der Waals surface area contributed by atoms with Crippen LogP contribution in [0.3, 0.4) is 0 Å². The van der Waals surface area contributed by atoms with Crippen molar-refractivity contribution in [3.05, 3.63) is 35.1 Å². The van der Waals surface area contributed by atoms with Crippen LogP contribution >= 0.6 is 15.9 Å². The summed E-state index contributed by atoms with van der Waals surface area (Å²) in [4.78, 5) is 26.7. The van der Waals surface area contributed by atoms with E-state index in [1.54, 1.807) is 7.05 Å². The summed E-state index contributed by atoms with van der Waals surface area (Å²) in [6.07, 6.45) is 1.62. The molecule has 1 aliphatic rings. The average molecular weight is 352 g/mol. The molecule has 0 fully saturated rings. The summed E-state index contributed by atoms with van der Waals surface area (Å²) in [7, 11) is 3.51. The molecule has 21 heavy (non-hydrogen) atoms. The van der Waals surface area contributed by atoms with Crippen molar-refractivity contribution in [3.8, 4) is 0 Å². The molecule has 0 aromatic heterocycles. The van der Waals surface area contributed by atoms with Gasteiger partial charge in [-0.05, 0) is 24.6 Å². The number of halogens is 1. The molecule has 5 nitrogen and oxygen atoms in total. The van der Waals surface area contributed by atoms with Crippen molar-refractivity contribution in [1.82, 2.24) is 5.32 Å². The Morgan fingerprint density at radius 3 is 2.81 bits per heavy atom. The van der Waals surface area contributed by atoms with Crippen LogP contribution in [0, 0.1) is 0 Å². The highest BCUT2D eigenvalue weighted by molar-refractivity contribution is 9.10. The zero-order valence-corrected chi connectivity index (χ0v) is 13.7. The molecular weight excluding hydrogens is 334 g/mol. The summed E-state index contributed by atoms with van der Waals surface area (Å²) in [5.41, 5.74) is 1.90. The SMILES string of the molecule is C=C1N(C)c2cc(Br)ccc2N1C(CCC=O)C(=O)NC. The number of fused-ring (bicyclic) bond motifs is 1. The Balaban J connectivity index is 2.43. The van der Waals surface area contributed by atoms with Crippen molar-refractivity contribution in [3.63, 3.8) is 0 Å². The fourth-order valence-electron chi connectivity index (χ4n) is 2.53. The van der Waals surface area contributed by atoms with Crippen molar-refractivity contribution in [2.75, 3.05) is 23.9 Å². The molecule has 112 valence electrons. The van der Waals surface area contributed by atoms with E-state index in [1.165, 1.54) is 0 Å². The summed E-state index contributed by atoms with van der Waals surface area (Å²) in [5.74, 6) is 0.602. The molecule has 0 bridgehead atoms. The molecule has 1 amide bonds. The standard InChI is InChI=1S/C15H18BrN3O2/c1-10-18(3)14-9-11(16)6-7-12(14)19(10)13(5-4-8-20)15(21)17-2/h6-9,13H,1,4-5H2,2-3H3,(H,17,21). The van der Waals surface area contributed by atoms with Gasteiger partial charge < -0.3 is 19.9 Å². The minimum absolute atomic E-state index is 0.123. The van der Waals surface area contributed by atoms with Crippen LogP contribution in [0.15, 0.2) is 35.1 Å². The van der Waals surface area contributed by atoms with Gasteiger partial charge in [-0.3, -0.25) is 4.79 Å². The molecule has 1 aliphatic heterocycles. The first kappa shape index (κ1) is 15.6. The molecule has 1 aromatic rings. The normalized spacial score (nSPS) is 14.9. The average Bonchev–Trinajstić information content (AvgIpc) is 2.72. The number of hydrogen-bond acceptors (Lipinski definition) is 4. The lowest BCUT2D eigenvalue weighted by Crippen LogP contribution is -2.45. The number of likely N-dealkylation sites (N-methyl/N-ethyl adjacent to an activating group) is 1. The molecule has 2 rings (SSSR count). The molecule has 0 aliphatic carbocycles. The molecule has 0 saturated carbocycles. The number of benzene rings is 1. The molecule has 1 unspecified atom stereocenters. The largest absolute Gasteiger partial charge is 0.357 e. The maximum Gasteiger partial charge on any atom is 0.242 e. The number of anilines is 2. The van der Waals surface area contributed by atoms with E-state index in [1.807, 2.05) is 35.0 Å². The van der Waals surface area contributed by atoms with E-state index in [0.717, 1.165) is 28.0 Å². The predicted molar refractivity (Wildman–Crippen MR) is 87.3 cm³/mol. The van der Waals surface area contributed by atoms with Crippen LogP contribution in [0.25, 0.3) is 0 Å². The van der Waals surface area contributed by atoms with Crippen molar-refractivity contribution >= 4 is 39.5 Å². The molecule has 1 N–H and O–H groups in total. The molecule has 0 spiro atoms. The lowest BCUT2D eigenvalue weighted by Gasteiger charge is -2.29. The first-order valence-corrected chi connectivity index (χ1v) is 7.47. The van der Waals surface area contributed by atoms with Crippen molar-refractivity contribution in [2.24, 2.45) is 0 Å². The predicted octanol–water partition coefficient (Wildman–Crippen LogP) is 2.27. The number of carbonyl (C=O) groups is 2. The van der Waals surface area contributed by atoms with E-state index in [9.17, 15) is 9.59 Å². The van der Waals surface area contributed by atoms with Gasteiger partial charge in [-0.1, -0.05) is 22.5 Å². The minimum Gasteiger partial charge on any atom is -0.357 e. The zero-order valence-electron chi connectivity index (χ0n) is 12.1. The maximum absolute atomic E-state index is 12.2. The molecular formula is C15H18BrN3O2. The molecule has 0 radical (unpaired) electrons. The maximum atomic E-state index is 12.2. The Kier molecular flexibility index (Phi) is 4.67. The Morgan fingerprint density at radius 1 is 1.48 bits per heavy atom. The van der Waals surface area contributed by atoms with E-state index in [2.05, 4.69) is 27.8 Å². The Hall–Kier alpha value is -1.82. The van der Waals surface area contributed by atoms with Gasteiger partial charge in [0, 0.05) is 25.0 Å². The van der Waals surface area contributed by atoms with Crippen LogP contribution in [-0.4, -0.2) is 32.3 Å². The smallest absolute Gasteiger partial charge is 0.242 e. The minimum atomic E-state index is -0.447. The van der Waals surface area contributed by atoms with Gasteiger partial charge in [-0.25, -0.2) is 0 Å². The van der Waals surface area contributed by atoms with Crippen LogP contribution in [0.1, 0.15) is 12.8 Å². The number of nitrogens with zero attached hydrogens (tertiary/aromatic N) is 2. The van der Waals surface area contributed by atoms with Gasteiger partial charge in [0.15, 0.2) is 0 Å². The fourth-order valence-corrected chi connectivity index (χ4v) is 2.88. The van der Waals surface area contributed by atoms with Gasteiger partial charge in [0.2, 0.25) is 5.91 Å². The van der Waals surface area contributed by atoms with E-state index >= 15 is 0 Å². The fraction of sp³-hybridized carbons (Fsp3) is 0.333. The highest BCUT2D eigenvalue weighted by Crippen LogP contribution is 2.43. The van der Waals surface area contributed by atoms with Crippen LogP contribution in [0.5, 0.6) is 0 Å². The summed E-state index contributed by atoms with van der Waals surface area (Å²) in [6, 6.07) is 5.42. The second kappa shape index (κ2) is 6.30. The van der Waals surface area contributed by atoms with Crippen molar-refractivity contribution < 1.29 is 9.59 Å². The Labute approximate surface area is 132 Å². The molecule has 1 atom stereocenters. The summed E-state index contributed by atoms with van der Waals surface area (Å²) in [5, 5.41) is 2.66. The highest BCUT2D eigenvalue weighted by Gasteiger charge is 2.35. The first-order chi connectivity index (χ1) is 10.0. The van der Waals surface area contributed by atoms with Gasteiger partial charge in [0.25, 0.3) is 0 Å². The number of nitrogens with one attached hydrogen (secondary N) is 1. The van der Waals surface area contributed by atoms with Gasteiger partial charge in [-0.15, -0.1) is 0 Å².